The molecule has 3 aliphatic rings. The van der Waals surface area contributed by atoms with Gasteiger partial charge in [0.05, 0.1) is 44.3 Å². The first-order valence-electron chi connectivity index (χ1n) is 17.3. The predicted molar refractivity (Wildman–Crippen MR) is 199 cm³/mol. The highest BCUT2D eigenvalue weighted by Gasteiger charge is 2.42. The molecule has 0 saturated carbocycles. The summed E-state index contributed by atoms with van der Waals surface area (Å²) in [7, 11) is 1.32. The molecular formula is C36H41ClFN9O5S. The smallest absolute Gasteiger partial charge is 0.338 e. The molecule has 7 rings (SSSR count). The molecule has 2 fully saturated rings. The van der Waals surface area contributed by atoms with Crippen molar-refractivity contribution < 1.29 is 29.2 Å². The number of rotatable bonds is 13. The molecule has 0 bridgehead atoms. The minimum atomic E-state index is -0.848. The van der Waals surface area contributed by atoms with Crippen molar-refractivity contribution in [3.63, 3.8) is 0 Å². The largest absolute Gasteiger partial charge is 0.466 e. The van der Waals surface area contributed by atoms with E-state index in [0.29, 0.717) is 74.5 Å². The van der Waals surface area contributed by atoms with Crippen LogP contribution in [0.15, 0.2) is 76.5 Å². The Labute approximate surface area is 314 Å². The highest BCUT2D eigenvalue weighted by Crippen LogP contribution is 2.37. The average molecular weight is 766 g/mol. The predicted octanol–water partition coefficient (Wildman–Crippen LogP) is 2.41. The molecule has 2 aromatic carbocycles. The van der Waals surface area contributed by atoms with E-state index in [2.05, 4.69) is 30.1 Å². The van der Waals surface area contributed by atoms with Crippen molar-refractivity contribution in [2.24, 2.45) is 4.99 Å². The van der Waals surface area contributed by atoms with Crippen LogP contribution in [-0.2, 0) is 16.1 Å². The van der Waals surface area contributed by atoms with Crippen LogP contribution in [0, 0.1) is 5.82 Å². The van der Waals surface area contributed by atoms with Gasteiger partial charge in [0, 0.05) is 85.4 Å². The van der Waals surface area contributed by atoms with Crippen molar-refractivity contribution in [1.29, 1.82) is 0 Å². The van der Waals surface area contributed by atoms with Crippen molar-refractivity contribution in [2.45, 2.75) is 25.0 Å². The van der Waals surface area contributed by atoms with Crippen LogP contribution < -0.4 is 10.2 Å². The normalized spacial score (nSPS) is 20.8. The summed E-state index contributed by atoms with van der Waals surface area (Å²) >= 11 is 7.92. The number of fused-ring (bicyclic) bond motifs is 1. The molecule has 2 saturated heterocycles. The zero-order valence-electron chi connectivity index (χ0n) is 29.0. The monoisotopic (exact) mass is 765 g/mol. The van der Waals surface area contributed by atoms with E-state index in [-0.39, 0.29) is 29.9 Å². The summed E-state index contributed by atoms with van der Waals surface area (Å²) in [6.07, 6.45) is 2.64. The van der Waals surface area contributed by atoms with E-state index in [1.165, 1.54) is 36.6 Å². The summed E-state index contributed by atoms with van der Waals surface area (Å²) in [6.45, 7) is 4.17. The zero-order chi connectivity index (χ0) is 37.1. The third-order valence-electron chi connectivity index (χ3n) is 9.74. The number of aromatic amines is 1. The molecule has 0 spiro atoms. The number of carbonyl (C=O) groups is 1. The maximum atomic E-state index is 14.1. The van der Waals surface area contributed by atoms with Gasteiger partial charge in [-0.05, 0) is 29.8 Å². The van der Waals surface area contributed by atoms with Crippen LogP contribution in [0.2, 0.25) is 5.02 Å². The van der Waals surface area contributed by atoms with Crippen molar-refractivity contribution >= 4 is 40.4 Å². The van der Waals surface area contributed by atoms with Crippen LogP contribution in [0.4, 0.5) is 10.1 Å². The molecule has 5 heterocycles. The Morgan fingerprint density at radius 1 is 1.11 bits per heavy atom. The van der Waals surface area contributed by atoms with Crippen LogP contribution >= 0.6 is 22.9 Å². The highest BCUT2D eigenvalue weighted by molar-refractivity contribution is 7.11. The molecular weight excluding hydrogens is 725 g/mol. The fourth-order valence-electron chi connectivity index (χ4n) is 7.16. The first-order chi connectivity index (χ1) is 25.8. The Morgan fingerprint density at radius 3 is 2.60 bits per heavy atom. The Morgan fingerprint density at radius 2 is 1.91 bits per heavy atom. The van der Waals surface area contributed by atoms with E-state index >= 15 is 0 Å². The Kier molecular flexibility index (Phi) is 11.5. The van der Waals surface area contributed by atoms with Gasteiger partial charge in [-0.15, -0.1) is 11.3 Å². The molecule has 5 N–H and O–H groups in total. The quantitative estimate of drug-likeness (QED) is 0.127. The number of H-pyrrole nitrogens is 1. The highest BCUT2D eigenvalue weighted by atomic mass is 35.5. The third-order valence-corrected chi connectivity index (χ3v) is 10.9. The number of nitrogens with zero attached hydrogens (tertiary/aromatic N) is 7. The lowest BCUT2D eigenvalue weighted by Gasteiger charge is -2.39. The zero-order valence-corrected chi connectivity index (χ0v) is 30.6. The SMILES string of the molecule is COC(=O)C1=C(CN2CCN3C(O)N(c4ccc(-c5cnc(CN(CCO)CCO)[nH]5)cc4)C[C@@H]3C2)NC(c2nccs2)=N[C@H]1c1ccc(F)cc1Cl. The van der Waals surface area contributed by atoms with Gasteiger partial charge < -0.3 is 35.3 Å². The lowest BCUT2D eigenvalue weighted by molar-refractivity contribution is -0.136. The summed E-state index contributed by atoms with van der Waals surface area (Å²) in [5, 5.41) is 36.1. The van der Waals surface area contributed by atoms with Crippen LogP contribution in [0.3, 0.4) is 0 Å². The second-order valence-electron chi connectivity index (χ2n) is 13.0. The van der Waals surface area contributed by atoms with Gasteiger partial charge >= 0.3 is 5.97 Å². The molecule has 14 nitrogen and oxygen atoms in total. The average Bonchev–Trinajstić information content (AvgIpc) is 3.93. The van der Waals surface area contributed by atoms with Crippen LogP contribution in [0.5, 0.6) is 0 Å². The van der Waals surface area contributed by atoms with Gasteiger partial charge in [0.1, 0.15) is 17.7 Å². The van der Waals surface area contributed by atoms with Gasteiger partial charge in [-0.1, -0.05) is 29.8 Å². The number of aliphatic hydroxyl groups excluding tert-OH is 3. The van der Waals surface area contributed by atoms with E-state index in [4.69, 9.17) is 21.3 Å². The standard InChI is InChI=1S/C36H41ClFN9O5S/c1-52-35(50)31-29(42-33(34-39-8-15-53-34)43-32(31)26-7-4-23(38)16-27(26)37)20-45-9-10-46-25(18-45)19-47(36(46)51)24-5-2-22(3-6-24)28-17-40-30(41-28)21-44(11-13-48)12-14-49/h2-8,15-17,25,32,36,48-49,51H,9-14,18-21H2,1H3,(H,40,41)(H,42,43)/t25-,32-,36?/m0/s1. The number of thiazole rings is 1. The summed E-state index contributed by atoms with van der Waals surface area (Å²) in [4.78, 5) is 38.7. The van der Waals surface area contributed by atoms with Crippen molar-refractivity contribution in [1.82, 2.24) is 35.0 Å². The van der Waals surface area contributed by atoms with Gasteiger partial charge in [-0.25, -0.2) is 19.2 Å². The Bertz CT molecular complexity index is 1950. The van der Waals surface area contributed by atoms with E-state index in [9.17, 15) is 24.5 Å². The Hall–Kier alpha value is -4.26. The maximum Gasteiger partial charge on any atom is 0.338 e. The molecule has 3 aliphatic heterocycles. The van der Waals surface area contributed by atoms with Gasteiger partial charge in [0.2, 0.25) is 0 Å². The van der Waals surface area contributed by atoms with E-state index in [1.807, 2.05) is 39.4 Å². The van der Waals surface area contributed by atoms with Crippen molar-refractivity contribution in [3.8, 4) is 11.3 Å². The lowest BCUT2D eigenvalue weighted by atomic mass is 9.95. The van der Waals surface area contributed by atoms with Gasteiger partial charge in [-0.2, -0.15) is 0 Å². The first kappa shape index (κ1) is 37.1. The number of piperazine rings is 1. The molecule has 2 aromatic heterocycles. The number of benzene rings is 2. The number of halogens is 2. The van der Waals surface area contributed by atoms with E-state index in [0.717, 1.165) is 22.8 Å². The maximum absolute atomic E-state index is 14.1. The number of amidine groups is 1. The summed E-state index contributed by atoms with van der Waals surface area (Å²) in [6, 6.07) is 11.2. The number of aromatic nitrogens is 3. The molecule has 280 valence electrons. The minimum Gasteiger partial charge on any atom is -0.466 e. The van der Waals surface area contributed by atoms with Crippen LogP contribution in [0.25, 0.3) is 11.3 Å². The topological polar surface area (TPSA) is 166 Å². The van der Waals surface area contributed by atoms with Crippen LogP contribution in [-0.4, -0.2) is 135 Å². The Balaban J connectivity index is 1.07. The number of anilines is 1. The fourth-order valence-corrected chi connectivity index (χ4v) is 8.02. The van der Waals surface area contributed by atoms with Gasteiger partial charge in [0.25, 0.3) is 0 Å². The molecule has 53 heavy (non-hydrogen) atoms. The lowest BCUT2D eigenvalue weighted by Crippen LogP contribution is -2.54. The third kappa shape index (κ3) is 8.00. The van der Waals surface area contributed by atoms with Crippen LogP contribution in [0.1, 0.15) is 22.4 Å². The molecule has 0 radical (unpaired) electrons. The number of esters is 1. The van der Waals surface area contributed by atoms with Crippen molar-refractivity contribution in [3.05, 3.63) is 98.7 Å². The number of imidazole rings is 1. The number of methoxy groups -OCH3 is 1. The first-order valence-corrected chi connectivity index (χ1v) is 18.5. The number of aliphatic hydroxyl groups is 3. The number of hydrogen-bond acceptors (Lipinski definition) is 14. The fraction of sp³-hybridized carbons (Fsp3) is 0.389. The van der Waals surface area contributed by atoms with Gasteiger partial charge in [0.15, 0.2) is 17.2 Å². The molecule has 0 amide bonds. The second-order valence-corrected chi connectivity index (χ2v) is 14.3. The molecule has 4 aromatic rings. The molecule has 3 atom stereocenters. The number of carbonyl (C=O) groups excluding carboxylic acids is 1. The number of hydrogen-bond donors (Lipinski definition) is 5. The minimum absolute atomic E-state index is 0.00163. The molecule has 1 unspecified atom stereocenters. The summed E-state index contributed by atoms with van der Waals surface area (Å²) in [5.74, 6) is 0.157. The molecule has 17 heteroatoms. The van der Waals surface area contributed by atoms with Gasteiger partial charge in [-0.3, -0.25) is 19.7 Å². The number of ether oxygens (including phenoxy) is 1. The summed E-state index contributed by atoms with van der Waals surface area (Å²) < 4.78 is 19.3. The van der Waals surface area contributed by atoms with E-state index in [1.54, 1.807) is 12.4 Å². The number of nitrogens with one attached hydrogen (secondary N) is 2. The number of aliphatic imine (C=N–C) groups is 1. The molecule has 0 aliphatic carbocycles. The van der Waals surface area contributed by atoms with E-state index < -0.39 is 24.2 Å². The second kappa shape index (κ2) is 16.4. The summed E-state index contributed by atoms with van der Waals surface area (Å²) in [5.41, 5.74) is 4.02. The van der Waals surface area contributed by atoms with Crippen molar-refractivity contribution in [2.75, 3.05) is 71.0 Å².